The molecule has 6 nitrogen and oxygen atoms in total. The van der Waals surface area contributed by atoms with Gasteiger partial charge in [-0.15, -0.1) is 0 Å². The Bertz CT molecular complexity index is 760. The number of aromatic nitrogens is 2. The number of carbonyl (C=O) groups excluding carboxylic acids is 1. The lowest BCUT2D eigenvalue weighted by atomic mass is 9.88. The Morgan fingerprint density at radius 2 is 2.04 bits per heavy atom. The summed E-state index contributed by atoms with van der Waals surface area (Å²) >= 11 is 0. The van der Waals surface area contributed by atoms with Gasteiger partial charge in [-0.05, 0) is 36.6 Å². The number of nitrogens with one attached hydrogen (secondary N) is 1. The van der Waals surface area contributed by atoms with Gasteiger partial charge in [0.05, 0.1) is 5.69 Å². The summed E-state index contributed by atoms with van der Waals surface area (Å²) in [7, 11) is 0. The molecule has 2 N–H and O–H groups in total. The lowest BCUT2D eigenvalue weighted by molar-refractivity contribution is -0.130. The van der Waals surface area contributed by atoms with Crippen LogP contribution in [-0.4, -0.2) is 26.8 Å². The van der Waals surface area contributed by atoms with Crippen molar-refractivity contribution in [1.29, 1.82) is 0 Å². The Hall–Kier alpha value is -2.63. The van der Waals surface area contributed by atoms with Crippen molar-refractivity contribution < 1.29 is 14.7 Å². The average Bonchev–Trinajstić information content (AvgIpc) is 3.23. The number of hydrogen-bond donors (Lipinski definition) is 2. The van der Waals surface area contributed by atoms with Crippen LogP contribution in [0.3, 0.4) is 0 Å². The molecule has 2 aromatic rings. The zero-order valence-corrected chi connectivity index (χ0v) is 13.7. The molecule has 1 saturated carbocycles. The number of carboxylic acid groups (broad SMARTS) is 1. The first-order chi connectivity index (χ1) is 11.5. The Morgan fingerprint density at radius 1 is 1.29 bits per heavy atom. The molecule has 6 heteroatoms. The van der Waals surface area contributed by atoms with E-state index in [-0.39, 0.29) is 17.0 Å². The van der Waals surface area contributed by atoms with Gasteiger partial charge in [-0.25, -0.2) is 9.48 Å². The standard InChI is InChI=1S/C18H21N3O3/c1-18(8-2-3-9-18)17(24)19-12-13-5-4-6-14(11-13)21-10-7-15(20-21)16(22)23/h4-7,10-11H,2-3,8-9,12H2,1H3,(H,19,24)(H,22,23). The summed E-state index contributed by atoms with van der Waals surface area (Å²) in [4.78, 5) is 23.3. The third-order valence-corrected chi connectivity index (χ3v) is 4.69. The predicted octanol–water partition coefficient (Wildman–Crippen LogP) is 2.77. The molecule has 0 saturated heterocycles. The molecule has 1 fully saturated rings. The summed E-state index contributed by atoms with van der Waals surface area (Å²) in [5.74, 6) is -0.945. The molecule has 1 amide bonds. The summed E-state index contributed by atoms with van der Waals surface area (Å²) in [5.41, 5.74) is 1.48. The second-order valence-corrected chi connectivity index (χ2v) is 6.57. The molecule has 0 unspecified atom stereocenters. The minimum Gasteiger partial charge on any atom is -0.476 e. The molecule has 0 spiro atoms. The van der Waals surface area contributed by atoms with Gasteiger partial charge in [0, 0.05) is 18.2 Å². The third-order valence-electron chi connectivity index (χ3n) is 4.69. The maximum Gasteiger partial charge on any atom is 0.356 e. The first-order valence-electron chi connectivity index (χ1n) is 8.14. The van der Waals surface area contributed by atoms with Crippen LogP contribution < -0.4 is 5.32 Å². The molecular formula is C18H21N3O3. The van der Waals surface area contributed by atoms with Gasteiger partial charge in [-0.1, -0.05) is 31.9 Å². The molecule has 126 valence electrons. The number of carbonyl (C=O) groups is 2. The van der Waals surface area contributed by atoms with Gasteiger partial charge >= 0.3 is 5.97 Å². The molecule has 0 bridgehead atoms. The van der Waals surface area contributed by atoms with E-state index in [4.69, 9.17) is 5.11 Å². The van der Waals surface area contributed by atoms with Crippen molar-refractivity contribution in [2.75, 3.05) is 0 Å². The van der Waals surface area contributed by atoms with Crippen molar-refractivity contribution in [3.8, 4) is 5.69 Å². The number of benzene rings is 1. The van der Waals surface area contributed by atoms with E-state index in [1.54, 1.807) is 6.20 Å². The monoisotopic (exact) mass is 327 g/mol. The van der Waals surface area contributed by atoms with Gasteiger partial charge in [-0.2, -0.15) is 5.10 Å². The van der Waals surface area contributed by atoms with Crippen LogP contribution in [0.5, 0.6) is 0 Å². The first-order valence-corrected chi connectivity index (χ1v) is 8.14. The van der Waals surface area contributed by atoms with Crippen LogP contribution in [-0.2, 0) is 11.3 Å². The molecule has 1 aliphatic rings. The molecule has 1 heterocycles. The number of aromatic carboxylic acids is 1. The van der Waals surface area contributed by atoms with E-state index in [1.165, 1.54) is 10.7 Å². The minimum atomic E-state index is -1.05. The van der Waals surface area contributed by atoms with E-state index >= 15 is 0 Å². The van der Waals surface area contributed by atoms with Crippen LogP contribution in [0.4, 0.5) is 0 Å². The van der Waals surface area contributed by atoms with Crippen molar-refractivity contribution in [3.63, 3.8) is 0 Å². The fourth-order valence-corrected chi connectivity index (χ4v) is 3.17. The first kappa shape index (κ1) is 16.2. The summed E-state index contributed by atoms with van der Waals surface area (Å²) in [6.45, 7) is 2.48. The second kappa shape index (κ2) is 6.47. The van der Waals surface area contributed by atoms with Gasteiger partial charge in [0.15, 0.2) is 5.69 Å². The second-order valence-electron chi connectivity index (χ2n) is 6.57. The number of rotatable bonds is 5. The average molecular weight is 327 g/mol. The lowest BCUT2D eigenvalue weighted by Gasteiger charge is -2.22. The fraction of sp³-hybridized carbons (Fsp3) is 0.389. The van der Waals surface area contributed by atoms with E-state index in [0.29, 0.717) is 6.54 Å². The Morgan fingerprint density at radius 3 is 2.71 bits per heavy atom. The van der Waals surface area contributed by atoms with Crippen LogP contribution in [0.1, 0.15) is 48.7 Å². The smallest absolute Gasteiger partial charge is 0.356 e. The van der Waals surface area contributed by atoms with Crippen molar-refractivity contribution in [2.45, 2.75) is 39.2 Å². The third kappa shape index (κ3) is 3.32. The maximum absolute atomic E-state index is 12.4. The van der Waals surface area contributed by atoms with E-state index in [1.807, 2.05) is 31.2 Å². The minimum absolute atomic E-state index is 0.00265. The highest BCUT2D eigenvalue weighted by Gasteiger charge is 2.35. The quantitative estimate of drug-likeness (QED) is 0.884. The van der Waals surface area contributed by atoms with E-state index in [0.717, 1.165) is 36.9 Å². The summed E-state index contributed by atoms with van der Waals surface area (Å²) in [6.07, 6.45) is 5.74. The van der Waals surface area contributed by atoms with Crippen LogP contribution in [0, 0.1) is 5.41 Å². The topological polar surface area (TPSA) is 84.2 Å². The maximum atomic E-state index is 12.4. The van der Waals surface area contributed by atoms with E-state index in [2.05, 4.69) is 10.4 Å². The van der Waals surface area contributed by atoms with Gasteiger partial charge in [0.1, 0.15) is 0 Å². The van der Waals surface area contributed by atoms with Crippen LogP contribution in [0.2, 0.25) is 0 Å². The largest absolute Gasteiger partial charge is 0.476 e. The normalized spacial score (nSPS) is 16.0. The van der Waals surface area contributed by atoms with Gasteiger partial charge < -0.3 is 10.4 Å². The van der Waals surface area contributed by atoms with E-state index < -0.39 is 5.97 Å². The Kier molecular flexibility index (Phi) is 4.38. The van der Waals surface area contributed by atoms with Crippen molar-refractivity contribution in [1.82, 2.24) is 15.1 Å². The molecular weight excluding hydrogens is 306 g/mol. The lowest BCUT2D eigenvalue weighted by Crippen LogP contribution is -2.36. The molecule has 24 heavy (non-hydrogen) atoms. The molecule has 3 rings (SSSR count). The molecule has 0 atom stereocenters. The molecule has 0 aliphatic heterocycles. The highest BCUT2D eigenvalue weighted by Crippen LogP contribution is 2.37. The van der Waals surface area contributed by atoms with Crippen LogP contribution >= 0.6 is 0 Å². The molecule has 1 aromatic carbocycles. The molecule has 1 aliphatic carbocycles. The zero-order valence-electron chi connectivity index (χ0n) is 13.7. The summed E-state index contributed by atoms with van der Waals surface area (Å²) < 4.78 is 1.52. The van der Waals surface area contributed by atoms with Crippen LogP contribution in [0.25, 0.3) is 5.69 Å². The number of amides is 1. The van der Waals surface area contributed by atoms with Crippen molar-refractivity contribution in [2.24, 2.45) is 5.41 Å². The van der Waals surface area contributed by atoms with Gasteiger partial charge in [0.2, 0.25) is 5.91 Å². The SMILES string of the molecule is CC1(C(=O)NCc2cccc(-n3ccc(C(=O)O)n3)c2)CCCC1. The van der Waals surface area contributed by atoms with Crippen molar-refractivity contribution in [3.05, 3.63) is 47.8 Å². The number of nitrogens with zero attached hydrogens (tertiary/aromatic N) is 2. The van der Waals surface area contributed by atoms with Gasteiger partial charge in [-0.3, -0.25) is 4.79 Å². The van der Waals surface area contributed by atoms with Crippen molar-refractivity contribution >= 4 is 11.9 Å². The highest BCUT2D eigenvalue weighted by atomic mass is 16.4. The summed E-state index contributed by atoms with van der Waals surface area (Å²) in [6, 6.07) is 9.01. The number of hydrogen-bond acceptors (Lipinski definition) is 3. The Balaban J connectivity index is 1.69. The van der Waals surface area contributed by atoms with Crippen LogP contribution in [0.15, 0.2) is 36.5 Å². The van der Waals surface area contributed by atoms with E-state index in [9.17, 15) is 9.59 Å². The zero-order chi connectivity index (χ0) is 17.2. The highest BCUT2D eigenvalue weighted by molar-refractivity contribution is 5.85. The predicted molar refractivity (Wildman–Crippen MR) is 88.9 cm³/mol. The molecule has 0 radical (unpaired) electrons. The fourth-order valence-electron chi connectivity index (χ4n) is 3.17. The molecule has 1 aromatic heterocycles. The van der Waals surface area contributed by atoms with Gasteiger partial charge in [0.25, 0.3) is 0 Å². The number of carboxylic acids is 1. The summed E-state index contributed by atoms with van der Waals surface area (Å²) in [5, 5.41) is 16.0. The Labute approximate surface area is 140 Å².